The Morgan fingerprint density at radius 2 is 2.40 bits per heavy atom. The van der Waals surface area contributed by atoms with Gasteiger partial charge in [-0.05, 0) is 30.4 Å². The second kappa shape index (κ2) is 7.56. The summed E-state index contributed by atoms with van der Waals surface area (Å²) >= 11 is 6.81. The molecule has 1 aromatic carbocycles. The molecular formula is C13H16FN3OS2. The average Bonchev–Trinajstić information content (AvgIpc) is 2.45. The van der Waals surface area contributed by atoms with Crippen LogP contribution in [0.3, 0.4) is 0 Å². The summed E-state index contributed by atoms with van der Waals surface area (Å²) in [6, 6.07) is 4.78. The van der Waals surface area contributed by atoms with Gasteiger partial charge in [0.2, 0.25) is 0 Å². The number of fused-ring (bicyclic) bond motifs is 1. The lowest BCUT2D eigenvalue weighted by Crippen LogP contribution is -2.35. The van der Waals surface area contributed by atoms with Crippen molar-refractivity contribution in [2.75, 3.05) is 26.0 Å². The van der Waals surface area contributed by atoms with Crippen molar-refractivity contribution in [2.24, 2.45) is 5.10 Å². The molecule has 108 valence electrons. The molecule has 0 amide bonds. The van der Waals surface area contributed by atoms with E-state index in [-0.39, 0.29) is 5.82 Å². The van der Waals surface area contributed by atoms with Gasteiger partial charge in [-0.3, -0.25) is 5.43 Å². The van der Waals surface area contributed by atoms with E-state index in [9.17, 15) is 4.39 Å². The van der Waals surface area contributed by atoms with Crippen LogP contribution >= 0.6 is 24.0 Å². The summed E-state index contributed by atoms with van der Waals surface area (Å²) in [5.41, 5.74) is 4.46. The van der Waals surface area contributed by atoms with Gasteiger partial charge in [-0.1, -0.05) is 0 Å². The van der Waals surface area contributed by atoms with Crippen molar-refractivity contribution in [1.29, 1.82) is 0 Å². The third kappa shape index (κ3) is 4.16. The van der Waals surface area contributed by atoms with Crippen LogP contribution in [0.15, 0.2) is 28.2 Å². The largest absolute Gasteiger partial charge is 0.383 e. The molecule has 0 saturated carbocycles. The van der Waals surface area contributed by atoms with E-state index in [2.05, 4.69) is 15.8 Å². The molecule has 0 fully saturated rings. The summed E-state index contributed by atoms with van der Waals surface area (Å²) in [4.78, 5) is 1.05. The molecule has 0 spiro atoms. The molecule has 1 aliphatic rings. The van der Waals surface area contributed by atoms with Crippen molar-refractivity contribution < 1.29 is 9.13 Å². The predicted octanol–water partition coefficient (Wildman–Crippen LogP) is 2.14. The van der Waals surface area contributed by atoms with Crippen molar-refractivity contribution in [3.8, 4) is 0 Å². The Balaban J connectivity index is 2.01. The number of nitrogens with zero attached hydrogens (tertiary/aromatic N) is 1. The molecule has 0 atom stereocenters. The van der Waals surface area contributed by atoms with Crippen LogP contribution in [0.25, 0.3) is 0 Å². The second-order valence-corrected chi connectivity index (χ2v) is 5.70. The summed E-state index contributed by atoms with van der Waals surface area (Å²) in [5, 5.41) is 7.69. The minimum Gasteiger partial charge on any atom is -0.383 e. The van der Waals surface area contributed by atoms with Crippen LogP contribution in [-0.2, 0) is 4.74 Å². The molecular weight excluding hydrogens is 297 g/mol. The molecule has 0 bridgehead atoms. The maximum absolute atomic E-state index is 13.3. The Morgan fingerprint density at radius 3 is 3.20 bits per heavy atom. The zero-order chi connectivity index (χ0) is 14.4. The predicted molar refractivity (Wildman–Crippen MR) is 83.9 cm³/mol. The number of rotatable bonds is 4. The molecule has 0 aliphatic carbocycles. The van der Waals surface area contributed by atoms with Gasteiger partial charge < -0.3 is 10.1 Å². The number of ether oxygens (including phenoxy) is 1. The van der Waals surface area contributed by atoms with Gasteiger partial charge in [-0.2, -0.15) is 5.10 Å². The second-order valence-electron chi connectivity index (χ2n) is 4.16. The van der Waals surface area contributed by atoms with E-state index in [1.807, 2.05) is 0 Å². The molecule has 20 heavy (non-hydrogen) atoms. The van der Waals surface area contributed by atoms with Gasteiger partial charge in [0.15, 0.2) is 5.11 Å². The Hall–Kier alpha value is -1.18. The van der Waals surface area contributed by atoms with E-state index in [1.54, 1.807) is 24.9 Å². The van der Waals surface area contributed by atoms with Crippen molar-refractivity contribution in [2.45, 2.75) is 11.3 Å². The van der Waals surface area contributed by atoms with Gasteiger partial charge in [-0.25, -0.2) is 4.39 Å². The molecule has 1 aromatic rings. The maximum atomic E-state index is 13.3. The zero-order valence-corrected chi connectivity index (χ0v) is 12.7. The van der Waals surface area contributed by atoms with Crippen LogP contribution in [0, 0.1) is 5.82 Å². The summed E-state index contributed by atoms with van der Waals surface area (Å²) in [6.07, 6.45) is 0.787. The Kier molecular flexibility index (Phi) is 5.75. The lowest BCUT2D eigenvalue weighted by molar-refractivity contribution is 0.204. The molecule has 0 unspecified atom stereocenters. The first-order valence-corrected chi connectivity index (χ1v) is 7.62. The highest BCUT2D eigenvalue weighted by Crippen LogP contribution is 2.30. The fourth-order valence-electron chi connectivity index (χ4n) is 1.79. The third-order valence-corrected chi connectivity index (χ3v) is 4.04. The van der Waals surface area contributed by atoms with Gasteiger partial charge in [0.25, 0.3) is 0 Å². The van der Waals surface area contributed by atoms with Crippen LogP contribution in [0.5, 0.6) is 0 Å². The van der Waals surface area contributed by atoms with Crippen molar-refractivity contribution in [3.05, 3.63) is 29.6 Å². The lowest BCUT2D eigenvalue weighted by Gasteiger charge is -2.17. The highest BCUT2D eigenvalue weighted by Gasteiger charge is 2.16. The topological polar surface area (TPSA) is 45.6 Å². The fourth-order valence-corrected chi connectivity index (χ4v) is 2.95. The van der Waals surface area contributed by atoms with Crippen LogP contribution in [0.1, 0.15) is 12.0 Å². The van der Waals surface area contributed by atoms with Gasteiger partial charge in [0, 0.05) is 36.3 Å². The van der Waals surface area contributed by atoms with Gasteiger partial charge >= 0.3 is 0 Å². The third-order valence-electron chi connectivity index (χ3n) is 2.73. The smallest absolute Gasteiger partial charge is 0.187 e. The van der Waals surface area contributed by atoms with Gasteiger partial charge in [-0.15, -0.1) is 11.8 Å². The van der Waals surface area contributed by atoms with Crippen LogP contribution in [0.4, 0.5) is 4.39 Å². The minimum atomic E-state index is -0.250. The number of methoxy groups -OCH3 is 1. The highest BCUT2D eigenvalue weighted by molar-refractivity contribution is 7.99. The summed E-state index contributed by atoms with van der Waals surface area (Å²) < 4.78 is 18.3. The molecule has 0 saturated heterocycles. The number of thioether (sulfide) groups is 1. The summed E-state index contributed by atoms with van der Waals surface area (Å²) in [6.45, 7) is 1.19. The molecule has 0 aromatic heterocycles. The summed E-state index contributed by atoms with van der Waals surface area (Å²) in [7, 11) is 1.63. The number of hydrazone groups is 1. The number of halogens is 1. The first-order valence-electron chi connectivity index (χ1n) is 6.23. The van der Waals surface area contributed by atoms with E-state index in [0.717, 1.165) is 28.3 Å². The SMILES string of the molecule is COCCNC(=S)N/N=C1/CCSc2ccc(F)cc21. The number of benzene rings is 1. The number of thiocarbonyl (C=S) groups is 1. The molecule has 7 heteroatoms. The van der Waals surface area contributed by atoms with E-state index in [0.29, 0.717) is 18.3 Å². The monoisotopic (exact) mass is 313 g/mol. The number of hydrogen-bond donors (Lipinski definition) is 2. The van der Waals surface area contributed by atoms with E-state index >= 15 is 0 Å². The van der Waals surface area contributed by atoms with Crippen LogP contribution in [-0.4, -0.2) is 36.8 Å². The van der Waals surface area contributed by atoms with Crippen molar-refractivity contribution in [3.63, 3.8) is 0 Å². The Labute approximate surface area is 127 Å². The average molecular weight is 313 g/mol. The molecule has 1 aliphatic heterocycles. The lowest BCUT2D eigenvalue weighted by atomic mass is 10.1. The molecule has 2 rings (SSSR count). The first kappa shape index (κ1) is 15.2. The normalized spacial score (nSPS) is 15.8. The van der Waals surface area contributed by atoms with Crippen LogP contribution in [0.2, 0.25) is 0 Å². The van der Waals surface area contributed by atoms with E-state index in [1.165, 1.54) is 12.1 Å². The number of nitrogens with one attached hydrogen (secondary N) is 2. The van der Waals surface area contributed by atoms with Crippen molar-refractivity contribution >= 4 is 34.8 Å². The standard InChI is InChI=1S/C13H16FN3OS2/c1-18-6-5-15-13(19)17-16-11-4-7-20-12-3-2-9(14)8-10(11)12/h2-3,8H,4-7H2,1H3,(H2,15,17,19)/b16-11-. The van der Waals surface area contributed by atoms with Crippen LogP contribution < -0.4 is 10.7 Å². The Bertz CT molecular complexity index is 522. The maximum Gasteiger partial charge on any atom is 0.187 e. The number of hydrogen-bond acceptors (Lipinski definition) is 4. The first-order chi connectivity index (χ1) is 9.70. The minimum absolute atomic E-state index is 0.250. The fraction of sp³-hybridized carbons (Fsp3) is 0.385. The van der Waals surface area contributed by atoms with Gasteiger partial charge in [0.05, 0.1) is 12.3 Å². The van der Waals surface area contributed by atoms with E-state index in [4.69, 9.17) is 17.0 Å². The Morgan fingerprint density at radius 1 is 1.55 bits per heavy atom. The van der Waals surface area contributed by atoms with Gasteiger partial charge in [0.1, 0.15) is 5.82 Å². The summed E-state index contributed by atoms with van der Waals surface area (Å²) in [5.74, 6) is 0.683. The molecule has 4 nitrogen and oxygen atoms in total. The molecule has 2 N–H and O–H groups in total. The highest BCUT2D eigenvalue weighted by atomic mass is 32.2. The quantitative estimate of drug-likeness (QED) is 0.506. The van der Waals surface area contributed by atoms with Crippen molar-refractivity contribution in [1.82, 2.24) is 10.7 Å². The molecule has 0 radical (unpaired) electrons. The van der Waals surface area contributed by atoms with E-state index < -0.39 is 0 Å². The zero-order valence-electron chi connectivity index (χ0n) is 11.1. The molecule has 1 heterocycles.